The van der Waals surface area contributed by atoms with Crippen LogP contribution in [0.2, 0.25) is 0 Å². The van der Waals surface area contributed by atoms with Crippen LogP contribution in [-0.2, 0) is 0 Å². The summed E-state index contributed by atoms with van der Waals surface area (Å²) >= 11 is 0. The van der Waals surface area contributed by atoms with E-state index in [0.717, 1.165) is 26.3 Å². The van der Waals surface area contributed by atoms with Gasteiger partial charge in [-0.1, -0.05) is 182 Å². The Hall–Kier alpha value is -7.20. The Morgan fingerprint density at radius 3 is 1.56 bits per heavy atom. The van der Waals surface area contributed by atoms with E-state index in [0.29, 0.717) is 33.0 Å². The fourth-order valence-corrected chi connectivity index (χ4v) is 13.1. The molecule has 0 bridgehead atoms. The molecule has 0 radical (unpaired) electrons. The van der Waals surface area contributed by atoms with Crippen LogP contribution in [0.5, 0.6) is 0 Å². The average Bonchev–Trinajstić information content (AvgIpc) is 3.91. The zero-order chi connectivity index (χ0) is 48.2. The number of nitrogens with zero attached hydrogens (tertiary/aromatic N) is 2. The fourth-order valence-electron chi connectivity index (χ4n) is 8.59. The van der Waals surface area contributed by atoms with Gasteiger partial charge in [0.15, 0.2) is 8.07 Å². The van der Waals surface area contributed by atoms with Crippen LogP contribution in [0.15, 0.2) is 230 Å². The Morgan fingerprint density at radius 2 is 0.912 bits per heavy atom. The number of hydrogen-bond acceptors (Lipinski definition) is 0. The Bertz CT molecular complexity index is 3760. The Balaban J connectivity index is 1.21. The minimum absolute atomic E-state index is 0.0139. The molecule has 0 spiro atoms. The summed E-state index contributed by atoms with van der Waals surface area (Å²) in [5.41, 5.74) is 3.17. The average molecular weight is 755 g/mol. The molecule has 2 heterocycles. The zero-order valence-electron chi connectivity index (χ0n) is 42.4. The molecule has 0 unspecified atom stereocenters. The highest BCUT2D eigenvalue weighted by Crippen LogP contribution is 2.39. The van der Waals surface area contributed by atoms with Crippen molar-refractivity contribution < 1.29 is 16.4 Å². The molecule has 0 aliphatic carbocycles. The lowest BCUT2D eigenvalue weighted by Gasteiger charge is -2.34. The van der Waals surface area contributed by atoms with Crippen molar-refractivity contribution in [3.63, 3.8) is 0 Å². The van der Waals surface area contributed by atoms with Crippen LogP contribution >= 0.6 is 0 Å². The van der Waals surface area contributed by atoms with Crippen LogP contribution < -0.4 is 20.7 Å². The van der Waals surface area contributed by atoms with E-state index in [2.05, 4.69) is 0 Å². The molecule has 2 aromatic heterocycles. The van der Waals surface area contributed by atoms with Gasteiger partial charge in [-0.15, -0.1) is 0 Å². The van der Waals surface area contributed by atoms with E-state index in [1.807, 2.05) is 150 Å². The molecule has 268 valence electrons. The largest absolute Gasteiger partial charge is 0.309 e. The topological polar surface area (TPSA) is 9.86 Å². The standard InChI is InChI=1S/C54H38N2Si/c1-4-20-41(21-5-1)57(42-22-6-2-7-23-42,43-24-8-3-9-25-43)44-26-18-19-40(38-44)55-51-32-15-13-30-48(51)49-37-39(35-36-54(49)55)45-27-10-14-31-50(45)56-52-33-16-11-28-46(52)47-29-12-17-34-53(47)56/h1-38H/i11D,12D,16D,17D,18D,19D,26D,28D,29D,33D,34D,38D. The molecule has 3 heteroatoms. The zero-order valence-corrected chi connectivity index (χ0v) is 31.4. The maximum absolute atomic E-state index is 10.4. The molecule has 0 amide bonds. The van der Waals surface area contributed by atoms with Gasteiger partial charge in [-0.2, -0.15) is 0 Å². The molecule has 0 N–H and O–H groups in total. The van der Waals surface area contributed by atoms with Gasteiger partial charge in [-0.25, -0.2) is 0 Å². The van der Waals surface area contributed by atoms with Crippen LogP contribution in [0, 0.1) is 0 Å². The van der Waals surface area contributed by atoms with Crippen LogP contribution in [0.4, 0.5) is 0 Å². The molecule has 57 heavy (non-hydrogen) atoms. The SMILES string of the molecule is [2H]c1c([2H])c(-n2c3ccccc3c3cc(-c4ccccc4-n4c5c([2H])c([2H])c([2H])c([2H])c5c5c([2H])c([2H])c([2H])c([2H])c54)ccc32)c([2H])c([Si](c2ccccc2)(c2ccccc2)c2ccccc2)c1[2H]. The second-order valence-electron chi connectivity index (χ2n) is 14.0. The Morgan fingerprint density at radius 1 is 0.368 bits per heavy atom. The molecule has 0 aliphatic heterocycles. The van der Waals surface area contributed by atoms with E-state index in [1.54, 1.807) is 12.1 Å². The normalized spacial score (nSPS) is 14.8. The van der Waals surface area contributed by atoms with Crippen molar-refractivity contribution in [3.8, 4) is 22.5 Å². The first-order chi connectivity index (χ1) is 33.3. The number of benzene rings is 9. The van der Waals surface area contributed by atoms with Crippen LogP contribution in [-0.4, -0.2) is 17.2 Å². The van der Waals surface area contributed by atoms with Gasteiger partial charge >= 0.3 is 0 Å². The van der Waals surface area contributed by atoms with Crippen molar-refractivity contribution >= 4 is 72.4 Å². The number of aromatic nitrogens is 2. The lowest BCUT2D eigenvalue weighted by molar-refractivity contribution is 1.18. The highest BCUT2D eigenvalue weighted by molar-refractivity contribution is 7.19. The molecule has 0 saturated heterocycles. The first-order valence-electron chi connectivity index (χ1n) is 24.7. The third-order valence-corrected chi connectivity index (χ3v) is 15.6. The lowest BCUT2D eigenvalue weighted by Crippen LogP contribution is -2.74. The predicted molar refractivity (Wildman–Crippen MR) is 244 cm³/mol. The second-order valence-corrected chi connectivity index (χ2v) is 17.7. The van der Waals surface area contributed by atoms with Crippen LogP contribution in [0.25, 0.3) is 66.1 Å². The maximum atomic E-state index is 10.4. The third kappa shape index (κ3) is 5.17. The van der Waals surface area contributed by atoms with E-state index in [1.165, 1.54) is 4.57 Å². The van der Waals surface area contributed by atoms with Crippen molar-refractivity contribution in [1.29, 1.82) is 0 Å². The summed E-state index contributed by atoms with van der Waals surface area (Å²) in [4.78, 5) is 0. The summed E-state index contributed by atoms with van der Waals surface area (Å²) in [6.45, 7) is 0. The van der Waals surface area contributed by atoms with Crippen molar-refractivity contribution in [1.82, 2.24) is 9.13 Å². The number of fused-ring (bicyclic) bond motifs is 6. The van der Waals surface area contributed by atoms with Gasteiger partial charge in [0.2, 0.25) is 0 Å². The molecule has 9 aromatic carbocycles. The van der Waals surface area contributed by atoms with Crippen molar-refractivity contribution in [2.45, 2.75) is 0 Å². The molecule has 2 nitrogen and oxygen atoms in total. The predicted octanol–water partition coefficient (Wildman–Crippen LogP) is 10.9. The van der Waals surface area contributed by atoms with E-state index in [9.17, 15) is 5.48 Å². The second kappa shape index (κ2) is 13.5. The number of hydrogen-bond donors (Lipinski definition) is 0. The maximum Gasteiger partial charge on any atom is 0.179 e. The van der Waals surface area contributed by atoms with E-state index in [4.69, 9.17) is 11.0 Å². The molecular weight excluding hydrogens is 705 g/mol. The van der Waals surface area contributed by atoms with Gasteiger partial charge in [0, 0.05) is 32.8 Å². The molecule has 0 aliphatic rings. The minimum Gasteiger partial charge on any atom is -0.309 e. The van der Waals surface area contributed by atoms with Gasteiger partial charge in [-0.05, 0) is 74.7 Å². The molecule has 0 saturated carbocycles. The van der Waals surface area contributed by atoms with E-state index >= 15 is 0 Å². The van der Waals surface area contributed by atoms with Crippen LogP contribution in [0.3, 0.4) is 0 Å². The fraction of sp³-hybridized carbons (Fsp3) is 0. The van der Waals surface area contributed by atoms with Gasteiger partial charge in [0.05, 0.1) is 44.2 Å². The minimum atomic E-state index is -3.56. The highest BCUT2D eigenvalue weighted by atomic mass is 28.3. The summed E-state index contributed by atoms with van der Waals surface area (Å²) in [5, 5.41) is 4.65. The summed E-state index contributed by atoms with van der Waals surface area (Å²) in [5.74, 6) is 0. The van der Waals surface area contributed by atoms with Crippen molar-refractivity contribution in [3.05, 3.63) is 230 Å². The molecule has 11 aromatic rings. The molecule has 0 atom stereocenters. The molecule has 0 fully saturated rings. The summed E-state index contributed by atoms with van der Waals surface area (Å²) in [6, 6.07) is 45.9. The van der Waals surface area contributed by atoms with Crippen molar-refractivity contribution in [2.24, 2.45) is 0 Å². The summed E-state index contributed by atoms with van der Waals surface area (Å²) in [6.07, 6.45) is 0. The van der Waals surface area contributed by atoms with E-state index < -0.39 is 56.4 Å². The van der Waals surface area contributed by atoms with Gasteiger partial charge < -0.3 is 9.13 Å². The Labute approximate surface area is 350 Å². The first kappa shape index (κ1) is 23.0. The Kier molecular flexibility index (Phi) is 5.46. The number of para-hydroxylation sites is 4. The monoisotopic (exact) mass is 754 g/mol. The van der Waals surface area contributed by atoms with E-state index in [-0.39, 0.29) is 51.7 Å². The van der Waals surface area contributed by atoms with Crippen molar-refractivity contribution in [2.75, 3.05) is 0 Å². The first-order valence-corrected chi connectivity index (χ1v) is 20.7. The van der Waals surface area contributed by atoms with Crippen LogP contribution in [0.1, 0.15) is 16.4 Å². The lowest BCUT2D eigenvalue weighted by atomic mass is 10.0. The smallest absolute Gasteiger partial charge is 0.179 e. The van der Waals surface area contributed by atoms with Gasteiger partial charge in [0.25, 0.3) is 0 Å². The van der Waals surface area contributed by atoms with Gasteiger partial charge in [-0.3, -0.25) is 0 Å². The summed E-state index contributed by atoms with van der Waals surface area (Å²) in [7, 11) is -3.56. The summed E-state index contributed by atoms with van der Waals surface area (Å²) < 4.78 is 113. The highest BCUT2D eigenvalue weighted by Gasteiger charge is 2.41. The molecule has 11 rings (SSSR count). The number of rotatable bonds is 7. The van der Waals surface area contributed by atoms with Gasteiger partial charge in [0.1, 0.15) is 0 Å². The third-order valence-electron chi connectivity index (χ3n) is 11.0. The quantitative estimate of drug-likeness (QED) is 0.113. The molecular formula is C54H38N2Si.